The Balaban J connectivity index is 1.78. The van der Waals surface area contributed by atoms with Crippen molar-refractivity contribution in [1.29, 1.82) is 0 Å². The van der Waals surface area contributed by atoms with Gasteiger partial charge in [-0.25, -0.2) is 8.78 Å². The van der Waals surface area contributed by atoms with Gasteiger partial charge in [-0.15, -0.1) is 0 Å². The van der Waals surface area contributed by atoms with Crippen LogP contribution in [-0.4, -0.2) is 30.0 Å². The molecule has 1 aromatic heterocycles. The van der Waals surface area contributed by atoms with Crippen molar-refractivity contribution in [2.24, 2.45) is 0 Å². The minimum atomic E-state index is -0.861. The van der Waals surface area contributed by atoms with Gasteiger partial charge in [0.15, 0.2) is 11.6 Å². The van der Waals surface area contributed by atoms with Crippen molar-refractivity contribution in [3.8, 4) is 0 Å². The Morgan fingerprint density at radius 1 is 1.17 bits per heavy atom. The van der Waals surface area contributed by atoms with Crippen LogP contribution in [0.5, 0.6) is 0 Å². The number of carbonyl (C=O) groups excluding carboxylic acids is 1. The van der Waals surface area contributed by atoms with E-state index >= 15 is 0 Å². The molecule has 2 N–H and O–H groups in total. The molecule has 2 heterocycles. The molecule has 0 bridgehead atoms. The number of carbonyl (C=O) groups is 1. The molecule has 120 valence electrons. The minimum Gasteiger partial charge on any atom is -0.347 e. The van der Waals surface area contributed by atoms with Crippen molar-refractivity contribution in [1.82, 2.24) is 15.6 Å². The summed E-state index contributed by atoms with van der Waals surface area (Å²) in [5, 5.41) is 6.19. The fraction of sp³-hybridized carbons (Fsp3) is 0.294. The van der Waals surface area contributed by atoms with Gasteiger partial charge in [0, 0.05) is 36.5 Å². The molecule has 0 spiro atoms. The van der Waals surface area contributed by atoms with Crippen LogP contribution >= 0.6 is 0 Å². The lowest BCUT2D eigenvalue weighted by Gasteiger charge is -2.33. The van der Waals surface area contributed by atoms with Crippen LogP contribution in [0, 0.1) is 11.6 Å². The number of nitrogens with zero attached hydrogens (tertiary/aromatic N) is 1. The smallest absolute Gasteiger partial charge is 0.251 e. The number of aromatic nitrogens is 1. The third-order valence-corrected chi connectivity index (χ3v) is 4.11. The summed E-state index contributed by atoms with van der Waals surface area (Å²) in [5.41, 5.74) is 1.22. The number of rotatable bonds is 3. The summed E-state index contributed by atoms with van der Waals surface area (Å²) in [5.74, 6) is -1.98. The predicted octanol–water partition coefficient (Wildman–Crippen LogP) is 2.24. The minimum absolute atomic E-state index is 0.0582. The fourth-order valence-electron chi connectivity index (χ4n) is 2.91. The van der Waals surface area contributed by atoms with E-state index < -0.39 is 11.6 Å². The van der Waals surface area contributed by atoms with E-state index in [1.807, 2.05) is 0 Å². The molecule has 1 amide bonds. The largest absolute Gasteiger partial charge is 0.347 e. The highest BCUT2D eigenvalue weighted by Crippen LogP contribution is 2.27. The van der Waals surface area contributed by atoms with Gasteiger partial charge >= 0.3 is 0 Å². The van der Waals surface area contributed by atoms with Crippen molar-refractivity contribution < 1.29 is 13.6 Å². The van der Waals surface area contributed by atoms with Crippen LogP contribution in [0.4, 0.5) is 8.78 Å². The maximum absolute atomic E-state index is 13.5. The lowest BCUT2D eigenvalue weighted by molar-refractivity contribution is 0.0924. The second-order valence-corrected chi connectivity index (χ2v) is 5.59. The quantitative estimate of drug-likeness (QED) is 0.913. The van der Waals surface area contributed by atoms with Crippen LogP contribution in [0.2, 0.25) is 0 Å². The highest BCUT2D eigenvalue weighted by molar-refractivity contribution is 5.94. The monoisotopic (exact) mass is 317 g/mol. The van der Waals surface area contributed by atoms with E-state index in [1.165, 1.54) is 6.07 Å². The van der Waals surface area contributed by atoms with E-state index in [1.54, 1.807) is 30.6 Å². The van der Waals surface area contributed by atoms with Gasteiger partial charge in [-0.3, -0.25) is 9.78 Å². The van der Waals surface area contributed by atoms with Crippen molar-refractivity contribution in [3.63, 3.8) is 0 Å². The number of pyridine rings is 1. The summed E-state index contributed by atoms with van der Waals surface area (Å²) in [6, 6.07) is 7.02. The first-order chi connectivity index (χ1) is 11.1. The number of halogens is 2. The molecule has 0 saturated carbocycles. The van der Waals surface area contributed by atoms with Gasteiger partial charge in [0.25, 0.3) is 5.91 Å². The molecule has 4 nitrogen and oxygen atoms in total. The third-order valence-electron chi connectivity index (χ3n) is 4.11. The summed E-state index contributed by atoms with van der Waals surface area (Å²) >= 11 is 0. The SMILES string of the molecule is O=C(NC1CNCCC1c1ccc(F)c(F)c1)c1ccncc1. The molecule has 3 rings (SSSR count). The zero-order chi connectivity index (χ0) is 16.2. The topological polar surface area (TPSA) is 54.0 Å². The molecule has 23 heavy (non-hydrogen) atoms. The third kappa shape index (κ3) is 3.53. The van der Waals surface area contributed by atoms with Gasteiger partial charge in [0.1, 0.15) is 0 Å². The first-order valence-corrected chi connectivity index (χ1v) is 7.51. The molecule has 1 aliphatic heterocycles. The Morgan fingerprint density at radius 3 is 2.70 bits per heavy atom. The summed E-state index contributed by atoms with van der Waals surface area (Å²) in [7, 11) is 0. The second-order valence-electron chi connectivity index (χ2n) is 5.59. The highest BCUT2D eigenvalue weighted by Gasteiger charge is 2.28. The van der Waals surface area contributed by atoms with Gasteiger partial charge in [-0.05, 0) is 42.8 Å². The lowest BCUT2D eigenvalue weighted by Crippen LogP contribution is -2.50. The Bertz CT molecular complexity index is 693. The van der Waals surface area contributed by atoms with E-state index in [2.05, 4.69) is 15.6 Å². The average molecular weight is 317 g/mol. The van der Waals surface area contributed by atoms with Crippen molar-refractivity contribution in [3.05, 3.63) is 65.5 Å². The second kappa shape index (κ2) is 6.83. The Labute approximate surface area is 132 Å². The zero-order valence-electron chi connectivity index (χ0n) is 12.4. The van der Waals surface area contributed by atoms with E-state index in [0.717, 1.165) is 19.0 Å². The molecule has 1 fully saturated rings. The average Bonchev–Trinajstić information content (AvgIpc) is 2.59. The van der Waals surface area contributed by atoms with Gasteiger partial charge in [0.2, 0.25) is 0 Å². The van der Waals surface area contributed by atoms with Crippen LogP contribution in [0.1, 0.15) is 28.3 Å². The van der Waals surface area contributed by atoms with Crippen molar-refractivity contribution >= 4 is 5.91 Å². The Morgan fingerprint density at radius 2 is 1.96 bits per heavy atom. The van der Waals surface area contributed by atoms with Crippen molar-refractivity contribution in [2.45, 2.75) is 18.4 Å². The molecule has 1 aliphatic rings. The molecular weight excluding hydrogens is 300 g/mol. The van der Waals surface area contributed by atoms with Gasteiger partial charge in [-0.2, -0.15) is 0 Å². The summed E-state index contributed by atoms with van der Waals surface area (Å²) in [4.78, 5) is 16.2. The summed E-state index contributed by atoms with van der Waals surface area (Å²) in [6.07, 6.45) is 3.86. The van der Waals surface area contributed by atoms with Crippen LogP contribution in [-0.2, 0) is 0 Å². The van der Waals surface area contributed by atoms with Gasteiger partial charge in [0.05, 0.1) is 0 Å². The van der Waals surface area contributed by atoms with Crippen LogP contribution in [0.25, 0.3) is 0 Å². The maximum Gasteiger partial charge on any atom is 0.251 e. The number of nitrogens with one attached hydrogen (secondary N) is 2. The molecule has 1 saturated heterocycles. The zero-order valence-corrected chi connectivity index (χ0v) is 12.4. The number of hydrogen-bond acceptors (Lipinski definition) is 3. The number of benzene rings is 1. The molecule has 2 atom stereocenters. The van der Waals surface area contributed by atoms with Gasteiger partial charge < -0.3 is 10.6 Å². The van der Waals surface area contributed by atoms with E-state index in [4.69, 9.17) is 0 Å². The standard InChI is InChI=1S/C17H17F2N3O/c18-14-2-1-12(9-15(14)19)13-5-8-21-10-16(13)22-17(23)11-3-6-20-7-4-11/h1-4,6-7,9,13,16,21H,5,8,10H2,(H,22,23). The first-order valence-electron chi connectivity index (χ1n) is 7.51. The molecule has 2 unspecified atom stereocenters. The molecule has 1 aromatic carbocycles. The first kappa shape index (κ1) is 15.6. The van der Waals surface area contributed by atoms with E-state index in [0.29, 0.717) is 17.7 Å². The van der Waals surface area contributed by atoms with E-state index in [-0.39, 0.29) is 17.9 Å². The summed E-state index contributed by atoms with van der Waals surface area (Å²) in [6.45, 7) is 1.35. The molecular formula is C17H17F2N3O. The van der Waals surface area contributed by atoms with Crippen LogP contribution in [0.15, 0.2) is 42.7 Å². The predicted molar refractivity (Wildman–Crippen MR) is 82.1 cm³/mol. The molecule has 0 radical (unpaired) electrons. The number of piperidine rings is 1. The lowest BCUT2D eigenvalue weighted by atomic mass is 9.86. The fourth-order valence-corrected chi connectivity index (χ4v) is 2.91. The van der Waals surface area contributed by atoms with Crippen LogP contribution < -0.4 is 10.6 Å². The Hall–Kier alpha value is -2.34. The van der Waals surface area contributed by atoms with E-state index in [9.17, 15) is 13.6 Å². The van der Waals surface area contributed by atoms with Gasteiger partial charge in [-0.1, -0.05) is 6.07 Å². The Kier molecular flexibility index (Phi) is 4.62. The highest BCUT2D eigenvalue weighted by atomic mass is 19.2. The molecule has 6 heteroatoms. The van der Waals surface area contributed by atoms with Crippen molar-refractivity contribution in [2.75, 3.05) is 13.1 Å². The molecule has 2 aromatic rings. The number of hydrogen-bond donors (Lipinski definition) is 2. The summed E-state index contributed by atoms with van der Waals surface area (Å²) < 4.78 is 26.6. The maximum atomic E-state index is 13.5. The normalized spacial score (nSPS) is 21.0. The molecule has 0 aliphatic carbocycles. The van der Waals surface area contributed by atoms with Crippen LogP contribution in [0.3, 0.4) is 0 Å². The number of amides is 1.